The van der Waals surface area contributed by atoms with Gasteiger partial charge in [-0.25, -0.2) is 13.1 Å². The Kier molecular flexibility index (Phi) is 6.17. The van der Waals surface area contributed by atoms with Crippen molar-refractivity contribution in [3.05, 3.63) is 18.2 Å². The molecule has 2 N–H and O–H groups in total. The molecule has 1 aromatic carbocycles. The fourth-order valence-corrected chi connectivity index (χ4v) is 2.80. The molecule has 0 heterocycles. The molecule has 1 rings (SSSR count). The monoisotopic (exact) mass is 330 g/mol. The first-order chi connectivity index (χ1) is 10.3. The van der Waals surface area contributed by atoms with Crippen LogP contribution in [-0.4, -0.2) is 41.0 Å². The van der Waals surface area contributed by atoms with E-state index in [4.69, 9.17) is 9.47 Å². The van der Waals surface area contributed by atoms with Gasteiger partial charge in [-0.05, 0) is 12.1 Å². The van der Waals surface area contributed by atoms with E-state index in [-0.39, 0.29) is 29.5 Å². The van der Waals surface area contributed by atoms with E-state index in [2.05, 4.69) is 5.32 Å². The Hall–Kier alpha value is -2.29. The molecule has 0 fully saturated rings. The molecule has 1 aromatic rings. The SMILES string of the molecule is COc1ccc(OC)c(S(=O)(=O)NC(=O)CCNC(C)=O)c1. The molecule has 0 unspecified atom stereocenters. The lowest BCUT2D eigenvalue weighted by Gasteiger charge is -2.12. The van der Waals surface area contributed by atoms with Crippen molar-refractivity contribution in [2.45, 2.75) is 18.2 Å². The van der Waals surface area contributed by atoms with Crippen LogP contribution in [0.25, 0.3) is 0 Å². The number of ether oxygens (including phenoxy) is 2. The maximum absolute atomic E-state index is 12.2. The van der Waals surface area contributed by atoms with E-state index < -0.39 is 15.9 Å². The fourth-order valence-electron chi connectivity index (χ4n) is 1.60. The summed E-state index contributed by atoms with van der Waals surface area (Å²) in [5, 5.41) is 2.40. The number of benzene rings is 1. The summed E-state index contributed by atoms with van der Waals surface area (Å²) in [4.78, 5) is 22.1. The molecule has 0 aromatic heterocycles. The number of nitrogens with one attached hydrogen (secondary N) is 2. The Labute approximate surface area is 128 Å². The van der Waals surface area contributed by atoms with Crippen LogP contribution < -0.4 is 19.5 Å². The maximum Gasteiger partial charge on any atom is 0.267 e. The average molecular weight is 330 g/mol. The highest BCUT2D eigenvalue weighted by Crippen LogP contribution is 2.27. The van der Waals surface area contributed by atoms with Gasteiger partial charge in [-0.3, -0.25) is 9.59 Å². The molecule has 122 valence electrons. The van der Waals surface area contributed by atoms with Crippen molar-refractivity contribution in [1.29, 1.82) is 0 Å². The average Bonchev–Trinajstić information content (AvgIpc) is 2.45. The van der Waals surface area contributed by atoms with Gasteiger partial charge in [0.05, 0.1) is 14.2 Å². The molecule has 0 saturated carbocycles. The molecular weight excluding hydrogens is 312 g/mol. The Bertz CT molecular complexity index is 656. The summed E-state index contributed by atoms with van der Waals surface area (Å²) >= 11 is 0. The minimum absolute atomic E-state index is 0.0476. The molecule has 0 bridgehead atoms. The van der Waals surface area contributed by atoms with E-state index in [1.54, 1.807) is 0 Å². The van der Waals surface area contributed by atoms with E-state index in [1.807, 2.05) is 4.72 Å². The molecule has 0 radical (unpaired) electrons. The van der Waals surface area contributed by atoms with Crippen LogP contribution >= 0.6 is 0 Å². The highest BCUT2D eigenvalue weighted by Gasteiger charge is 2.22. The van der Waals surface area contributed by atoms with Crippen LogP contribution in [0.4, 0.5) is 0 Å². The van der Waals surface area contributed by atoms with E-state index in [0.29, 0.717) is 5.75 Å². The van der Waals surface area contributed by atoms with Gasteiger partial charge >= 0.3 is 0 Å². The van der Waals surface area contributed by atoms with E-state index in [1.165, 1.54) is 39.3 Å². The van der Waals surface area contributed by atoms with Gasteiger partial charge in [-0.15, -0.1) is 0 Å². The number of hydrogen-bond acceptors (Lipinski definition) is 6. The Morgan fingerprint density at radius 2 is 1.86 bits per heavy atom. The number of hydrogen-bond donors (Lipinski definition) is 2. The van der Waals surface area contributed by atoms with Crippen molar-refractivity contribution in [2.75, 3.05) is 20.8 Å². The second-order valence-electron chi connectivity index (χ2n) is 4.28. The lowest BCUT2D eigenvalue weighted by Crippen LogP contribution is -2.33. The van der Waals surface area contributed by atoms with Crippen molar-refractivity contribution < 1.29 is 27.5 Å². The zero-order valence-corrected chi connectivity index (χ0v) is 13.3. The molecule has 0 aliphatic heterocycles. The summed E-state index contributed by atoms with van der Waals surface area (Å²) in [5.74, 6) is -0.640. The lowest BCUT2D eigenvalue weighted by molar-refractivity contribution is -0.120. The molecule has 0 aliphatic rings. The van der Waals surface area contributed by atoms with Crippen LogP contribution in [0.1, 0.15) is 13.3 Å². The Morgan fingerprint density at radius 3 is 2.41 bits per heavy atom. The first kappa shape index (κ1) is 17.8. The first-order valence-electron chi connectivity index (χ1n) is 6.32. The molecule has 2 amide bonds. The van der Waals surface area contributed by atoms with Crippen molar-refractivity contribution in [1.82, 2.24) is 10.0 Å². The third kappa shape index (κ3) is 4.92. The molecule has 22 heavy (non-hydrogen) atoms. The first-order valence-corrected chi connectivity index (χ1v) is 7.80. The standard InChI is InChI=1S/C13H18N2O6S/c1-9(16)14-7-6-13(17)15-22(18,19)12-8-10(20-2)4-5-11(12)21-3/h4-5,8H,6-7H2,1-3H3,(H,14,16)(H,15,17). The van der Waals surface area contributed by atoms with Gasteiger partial charge in [-0.2, -0.15) is 0 Å². The van der Waals surface area contributed by atoms with Gasteiger partial charge in [0.2, 0.25) is 11.8 Å². The molecule has 8 nitrogen and oxygen atoms in total. The van der Waals surface area contributed by atoms with Gasteiger partial charge in [-0.1, -0.05) is 0 Å². The van der Waals surface area contributed by atoms with Crippen molar-refractivity contribution in [3.63, 3.8) is 0 Å². The number of methoxy groups -OCH3 is 2. The van der Waals surface area contributed by atoms with Crippen molar-refractivity contribution in [2.24, 2.45) is 0 Å². The van der Waals surface area contributed by atoms with Crippen LogP contribution in [0.2, 0.25) is 0 Å². The molecular formula is C13H18N2O6S. The number of carbonyl (C=O) groups excluding carboxylic acids is 2. The lowest BCUT2D eigenvalue weighted by atomic mass is 10.3. The Balaban J connectivity index is 2.89. The second-order valence-corrected chi connectivity index (χ2v) is 5.93. The van der Waals surface area contributed by atoms with Gasteiger partial charge in [0.25, 0.3) is 10.0 Å². The molecule has 0 saturated heterocycles. The highest BCUT2D eigenvalue weighted by molar-refractivity contribution is 7.90. The normalized spacial score (nSPS) is 10.7. The van der Waals surface area contributed by atoms with E-state index >= 15 is 0 Å². The largest absolute Gasteiger partial charge is 0.497 e. The zero-order chi connectivity index (χ0) is 16.8. The van der Waals surface area contributed by atoms with Crippen LogP contribution in [0.3, 0.4) is 0 Å². The minimum atomic E-state index is -4.10. The van der Waals surface area contributed by atoms with E-state index in [9.17, 15) is 18.0 Å². The van der Waals surface area contributed by atoms with Crippen LogP contribution in [0.5, 0.6) is 11.5 Å². The third-order valence-corrected chi connectivity index (χ3v) is 4.03. The fraction of sp³-hybridized carbons (Fsp3) is 0.385. The summed E-state index contributed by atoms with van der Waals surface area (Å²) < 4.78 is 36.3. The van der Waals surface area contributed by atoms with Crippen molar-refractivity contribution >= 4 is 21.8 Å². The number of carbonyl (C=O) groups is 2. The minimum Gasteiger partial charge on any atom is -0.497 e. The number of rotatable bonds is 7. The van der Waals surface area contributed by atoms with Gasteiger partial charge in [0, 0.05) is 26.0 Å². The summed E-state index contributed by atoms with van der Waals surface area (Å²) in [6.07, 6.45) is -0.162. The second kappa shape index (κ2) is 7.64. The maximum atomic E-state index is 12.2. The Morgan fingerprint density at radius 1 is 1.18 bits per heavy atom. The topological polar surface area (TPSA) is 111 Å². The zero-order valence-electron chi connectivity index (χ0n) is 12.5. The molecule has 0 spiro atoms. The van der Waals surface area contributed by atoms with Crippen LogP contribution in [0.15, 0.2) is 23.1 Å². The quantitative estimate of drug-likeness (QED) is 0.730. The van der Waals surface area contributed by atoms with Gasteiger partial charge in [0.1, 0.15) is 16.4 Å². The molecule has 9 heteroatoms. The van der Waals surface area contributed by atoms with Gasteiger partial charge < -0.3 is 14.8 Å². The summed E-state index contributed by atoms with van der Waals surface area (Å²) in [5.41, 5.74) is 0. The number of sulfonamides is 1. The molecule has 0 aliphatic carbocycles. The van der Waals surface area contributed by atoms with Gasteiger partial charge in [0.15, 0.2) is 0 Å². The summed E-state index contributed by atoms with van der Waals surface area (Å²) in [6, 6.07) is 4.22. The third-order valence-electron chi connectivity index (χ3n) is 2.63. The summed E-state index contributed by atoms with van der Waals surface area (Å²) in [6.45, 7) is 1.35. The highest BCUT2D eigenvalue weighted by atomic mass is 32.2. The van der Waals surface area contributed by atoms with Crippen molar-refractivity contribution in [3.8, 4) is 11.5 Å². The van der Waals surface area contributed by atoms with E-state index in [0.717, 1.165) is 0 Å². The van der Waals surface area contributed by atoms with Crippen LogP contribution in [-0.2, 0) is 19.6 Å². The molecule has 0 atom stereocenters. The van der Waals surface area contributed by atoms with Crippen LogP contribution in [0, 0.1) is 0 Å². The predicted molar refractivity (Wildman–Crippen MR) is 78.2 cm³/mol. The predicted octanol–water partition coefficient (Wildman–Crippen LogP) is 0.0349. The number of amides is 2. The smallest absolute Gasteiger partial charge is 0.267 e. The summed E-state index contributed by atoms with van der Waals surface area (Å²) in [7, 11) is -1.39.